The number of alkyl halides is 1. The average molecular weight is 198 g/mol. The second-order valence-corrected chi connectivity index (χ2v) is 3.04. The Bertz CT molecular complexity index is 381. The molecule has 1 amide bonds. The van der Waals surface area contributed by atoms with Crippen molar-refractivity contribution in [2.45, 2.75) is 5.38 Å². The van der Waals surface area contributed by atoms with Crippen LogP contribution in [0.2, 0.25) is 0 Å². The lowest BCUT2D eigenvalue weighted by Gasteiger charge is -2.15. The summed E-state index contributed by atoms with van der Waals surface area (Å²) >= 11 is 5.73. The smallest absolute Gasteiger partial charge is 0.371 e. The fourth-order valence-corrected chi connectivity index (χ4v) is 1.30. The molecule has 2 aliphatic rings. The number of hydrogen-bond acceptors (Lipinski definition) is 3. The van der Waals surface area contributed by atoms with Crippen LogP contribution < -0.4 is 0 Å². The summed E-state index contributed by atoms with van der Waals surface area (Å²) in [6.45, 7) is 0. The Morgan fingerprint density at radius 2 is 2.23 bits per heavy atom. The van der Waals surface area contributed by atoms with E-state index < -0.39 is 12.1 Å². The highest BCUT2D eigenvalue weighted by Crippen LogP contribution is 2.18. The lowest BCUT2D eigenvalue weighted by Crippen LogP contribution is -2.26. The van der Waals surface area contributed by atoms with Crippen LogP contribution in [0.3, 0.4) is 0 Å². The Hall–Kier alpha value is -1.42. The molecule has 66 valence electrons. The van der Waals surface area contributed by atoms with Crippen molar-refractivity contribution in [2.75, 3.05) is 0 Å². The fraction of sp³-hybridized carbons (Fsp3) is 0.125. The first-order valence-corrected chi connectivity index (χ1v) is 4.00. The van der Waals surface area contributed by atoms with Crippen LogP contribution in [-0.4, -0.2) is 23.2 Å². The van der Waals surface area contributed by atoms with Crippen molar-refractivity contribution >= 4 is 29.4 Å². The molecular formula is C8H4ClNO3. The van der Waals surface area contributed by atoms with E-state index in [1.165, 1.54) is 12.2 Å². The minimum atomic E-state index is -0.880. The van der Waals surface area contributed by atoms with E-state index in [9.17, 15) is 9.59 Å². The third kappa shape index (κ3) is 1.40. The van der Waals surface area contributed by atoms with Crippen LogP contribution in [-0.2, 0) is 9.53 Å². The lowest BCUT2D eigenvalue weighted by atomic mass is 10.0. The minimum absolute atomic E-state index is 0.252. The van der Waals surface area contributed by atoms with Crippen LogP contribution in [0, 0.1) is 0 Å². The van der Waals surface area contributed by atoms with Crippen LogP contribution >= 0.6 is 11.6 Å². The summed E-state index contributed by atoms with van der Waals surface area (Å²) in [5.41, 5.74) is 0.570. The fourth-order valence-electron chi connectivity index (χ4n) is 1.10. The van der Waals surface area contributed by atoms with Crippen molar-refractivity contribution in [3.8, 4) is 0 Å². The first-order chi connectivity index (χ1) is 6.16. The molecule has 0 saturated heterocycles. The average Bonchev–Trinajstić information content (AvgIpc) is 2.06. The molecule has 0 spiro atoms. The Balaban J connectivity index is 2.47. The predicted molar refractivity (Wildman–Crippen MR) is 45.8 cm³/mol. The molecule has 2 rings (SSSR count). The standard InChI is InChI=1S/C8H4ClNO3/c9-4-1-2-6-5(3-4)7(11)13-8(12)10-6/h1-4H. The van der Waals surface area contributed by atoms with Gasteiger partial charge in [-0.15, -0.1) is 11.6 Å². The van der Waals surface area contributed by atoms with Gasteiger partial charge >= 0.3 is 12.1 Å². The second-order valence-electron chi connectivity index (χ2n) is 2.54. The molecule has 0 aromatic heterocycles. The molecule has 1 unspecified atom stereocenters. The summed E-state index contributed by atoms with van der Waals surface area (Å²) in [5.74, 6) is -0.690. The number of cyclic esters (lactones) is 2. The van der Waals surface area contributed by atoms with E-state index in [2.05, 4.69) is 9.73 Å². The van der Waals surface area contributed by atoms with Gasteiger partial charge in [0.05, 0.1) is 16.7 Å². The molecule has 0 bridgehead atoms. The van der Waals surface area contributed by atoms with E-state index in [1.54, 1.807) is 6.08 Å². The van der Waals surface area contributed by atoms with Crippen LogP contribution in [0.15, 0.2) is 28.8 Å². The van der Waals surface area contributed by atoms with Gasteiger partial charge in [-0.05, 0) is 12.2 Å². The Kier molecular flexibility index (Phi) is 1.77. The van der Waals surface area contributed by atoms with Gasteiger partial charge in [-0.25, -0.2) is 9.59 Å². The van der Waals surface area contributed by atoms with E-state index in [0.717, 1.165) is 0 Å². The van der Waals surface area contributed by atoms with Gasteiger partial charge in [0.2, 0.25) is 0 Å². The number of hydrogen-bond donors (Lipinski definition) is 0. The zero-order valence-corrected chi connectivity index (χ0v) is 7.12. The van der Waals surface area contributed by atoms with E-state index >= 15 is 0 Å². The Morgan fingerprint density at radius 3 is 3.00 bits per heavy atom. The molecule has 13 heavy (non-hydrogen) atoms. The largest absolute Gasteiger partial charge is 0.442 e. The summed E-state index contributed by atoms with van der Waals surface area (Å²) in [5, 5.41) is -0.352. The van der Waals surface area contributed by atoms with Crippen molar-refractivity contribution in [3.05, 3.63) is 23.8 Å². The van der Waals surface area contributed by atoms with Gasteiger partial charge in [-0.2, -0.15) is 4.99 Å². The third-order valence-corrected chi connectivity index (χ3v) is 1.92. The zero-order chi connectivity index (χ0) is 9.42. The minimum Gasteiger partial charge on any atom is -0.371 e. The Morgan fingerprint density at radius 1 is 1.46 bits per heavy atom. The van der Waals surface area contributed by atoms with E-state index in [1.807, 2.05) is 0 Å². The first kappa shape index (κ1) is 8.19. The van der Waals surface area contributed by atoms with Gasteiger partial charge in [0.1, 0.15) is 0 Å². The van der Waals surface area contributed by atoms with Gasteiger partial charge in [0, 0.05) is 0 Å². The highest BCUT2D eigenvalue weighted by atomic mass is 35.5. The van der Waals surface area contributed by atoms with Gasteiger partial charge < -0.3 is 4.74 Å². The first-order valence-electron chi connectivity index (χ1n) is 3.56. The van der Waals surface area contributed by atoms with E-state index in [-0.39, 0.29) is 11.0 Å². The second kappa shape index (κ2) is 2.81. The van der Waals surface area contributed by atoms with Gasteiger partial charge in [-0.1, -0.05) is 6.08 Å². The molecule has 1 aliphatic heterocycles. The predicted octanol–water partition coefficient (Wildman–Crippen LogP) is 1.21. The molecular weight excluding hydrogens is 194 g/mol. The van der Waals surface area contributed by atoms with Crippen molar-refractivity contribution in [1.82, 2.24) is 0 Å². The third-order valence-electron chi connectivity index (χ3n) is 1.65. The molecule has 1 aliphatic carbocycles. The number of allylic oxidation sites excluding steroid dienone is 3. The van der Waals surface area contributed by atoms with Crippen molar-refractivity contribution < 1.29 is 14.3 Å². The maximum atomic E-state index is 11.1. The van der Waals surface area contributed by atoms with Crippen LogP contribution in [0.1, 0.15) is 0 Å². The number of fused-ring (bicyclic) bond motifs is 1. The molecule has 5 heteroatoms. The number of ether oxygens (including phenoxy) is 1. The summed E-state index contributed by atoms with van der Waals surface area (Å²) < 4.78 is 4.28. The monoisotopic (exact) mass is 197 g/mol. The maximum Gasteiger partial charge on any atom is 0.442 e. The molecule has 0 fully saturated rings. The number of amides is 1. The summed E-state index contributed by atoms with van der Waals surface area (Å²) in [6.07, 6.45) is 3.78. The normalized spacial score (nSPS) is 26.1. The Labute approximate surface area is 78.5 Å². The highest BCUT2D eigenvalue weighted by molar-refractivity contribution is 6.33. The number of carbonyl (C=O) groups is 2. The quantitative estimate of drug-likeness (QED) is 0.333. The summed E-state index contributed by atoms with van der Waals surface area (Å²) in [7, 11) is 0. The molecule has 0 radical (unpaired) electrons. The summed E-state index contributed by atoms with van der Waals surface area (Å²) in [6, 6.07) is 0. The number of rotatable bonds is 0. The topological polar surface area (TPSA) is 55.7 Å². The van der Waals surface area contributed by atoms with Crippen LogP contribution in [0.25, 0.3) is 0 Å². The summed E-state index contributed by atoms with van der Waals surface area (Å²) in [4.78, 5) is 25.3. The van der Waals surface area contributed by atoms with E-state index in [0.29, 0.717) is 5.71 Å². The molecule has 0 saturated carbocycles. The number of carbonyl (C=O) groups excluding carboxylic acids is 2. The van der Waals surface area contributed by atoms with Gasteiger partial charge in [-0.3, -0.25) is 0 Å². The SMILES string of the molecule is O=C1N=C2C=CC(Cl)C=C2C(=O)O1. The highest BCUT2D eigenvalue weighted by Gasteiger charge is 2.27. The number of nitrogens with zero attached hydrogens (tertiary/aromatic N) is 1. The van der Waals surface area contributed by atoms with Gasteiger partial charge in [0.15, 0.2) is 0 Å². The number of esters is 1. The number of aliphatic imine (C=N–C) groups is 1. The van der Waals surface area contributed by atoms with Crippen molar-refractivity contribution in [3.63, 3.8) is 0 Å². The molecule has 1 heterocycles. The molecule has 0 N–H and O–H groups in total. The van der Waals surface area contributed by atoms with Crippen LogP contribution in [0.4, 0.5) is 4.79 Å². The van der Waals surface area contributed by atoms with Crippen LogP contribution in [0.5, 0.6) is 0 Å². The zero-order valence-electron chi connectivity index (χ0n) is 6.36. The molecule has 4 nitrogen and oxygen atoms in total. The lowest BCUT2D eigenvalue weighted by molar-refractivity contribution is -0.132. The molecule has 0 aromatic rings. The van der Waals surface area contributed by atoms with Crippen molar-refractivity contribution in [1.29, 1.82) is 0 Å². The van der Waals surface area contributed by atoms with Crippen molar-refractivity contribution in [2.24, 2.45) is 4.99 Å². The maximum absolute atomic E-state index is 11.1. The molecule has 1 atom stereocenters. The molecule has 0 aromatic carbocycles. The number of halogens is 1. The van der Waals surface area contributed by atoms with E-state index in [4.69, 9.17) is 11.6 Å². The van der Waals surface area contributed by atoms with Gasteiger partial charge in [0.25, 0.3) is 0 Å².